The lowest BCUT2D eigenvalue weighted by Gasteiger charge is -2.32. The number of carboxylic acids is 1. The lowest BCUT2D eigenvalue weighted by atomic mass is 9.93. The maximum Gasteiger partial charge on any atom is 0.326 e. The Kier molecular flexibility index (Phi) is 12.0. The average molecular weight is 808 g/mol. The molecule has 3 aliphatic rings. The smallest absolute Gasteiger partial charge is 0.326 e. The minimum Gasteiger partial charge on any atom is -0.480 e. The lowest BCUT2D eigenvalue weighted by molar-refractivity contribution is -0.149. The van der Waals surface area contributed by atoms with Gasteiger partial charge in [0.2, 0.25) is 20.8 Å². The number of nitrogens with one attached hydrogen (secondary N) is 1. The number of halogens is 4. The first-order valence-electron chi connectivity index (χ1n) is 18.7. The summed E-state index contributed by atoms with van der Waals surface area (Å²) in [6.07, 6.45) is 7.31. The monoisotopic (exact) mass is 807 g/mol. The first-order chi connectivity index (χ1) is 26.9. The van der Waals surface area contributed by atoms with Gasteiger partial charge in [0.05, 0.1) is 24.1 Å². The molecule has 4 aromatic rings. The number of piperidine rings is 1. The Labute approximate surface area is 329 Å². The zero-order valence-corrected chi connectivity index (χ0v) is 32.7. The molecule has 0 bridgehead atoms. The number of rotatable bonds is 14. The zero-order chi connectivity index (χ0) is 39.6. The number of likely N-dealkylation sites (tertiary alicyclic amines) is 2. The molecule has 2 unspecified atom stereocenters. The van der Waals surface area contributed by atoms with E-state index in [1.165, 1.54) is 6.07 Å². The average Bonchev–Trinajstić information content (AvgIpc) is 3.68. The molecule has 16 heteroatoms. The third-order valence-corrected chi connectivity index (χ3v) is 13.1. The number of hydrogen-bond donors (Lipinski definition) is 2. The highest BCUT2D eigenvalue weighted by atomic mass is 35.5. The fourth-order valence-electron chi connectivity index (χ4n) is 7.53. The summed E-state index contributed by atoms with van der Waals surface area (Å²) in [7, 11) is -0.970. The van der Waals surface area contributed by atoms with Gasteiger partial charge in [-0.1, -0.05) is 35.7 Å². The molecule has 2 aromatic carbocycles. The lowest BCUT2D eigenvalue weighted by Crippen LogP contribution is -2.46. The van der Waals surface area contributed by atoms with Crippen LogP contribution in [-0.2, 0) is 33.3 Å². The summed E-state index contributed by atoms with van der Waals surface area (Å²) < 4.78 is 56.4. The molecule has 0 aliphatic carbocycles. The van der Waals surface area contributed by atoms with Crippen molar-refractivity contribution in [2.24, 2.45) is 5.92 Å². The molecule has 295 valence electrons. The molecule has 0 saturated carbocycles. The van der Waals surface area contributed by atoms with Gasteiger partial charge >= 0.3 is 5.97 Å². The predicted octanol–water partition coefficient (Wildman–Crippen LogP) is 5.96. The van der Waals surface area contributed by atoms with E-state index in [-0.39, 0.29) is 25.1 Å². The molecular formula is C40H43ClF3N6O5Si. The van der Waals surface area contributed by atoms with Gasteiger partial charge in [-0.2, -0.15) is 0 Å². The molecule has 3 fully saturated rings. The number of carboxylic acid groups (broad SMARTS) is 1. The molecule has 5 heterocycles. The van der Waals surface area contributed by atoms with Gasteiger partial charge in [-0.15, -0.1) is 6.42 Å². The summed E-state index contributed by atoms with van der Waals surface area (Å²) >= 11 is 5.88. The van der Waals surface area contributed by atoms with Gasteiger partial charge in [-0.05, 0) is 74.8 Å². The second-order valence-electron chi connectivity index (χ2n) is 14.7. The minimum absolute atomic E-state index is 0.0159. The van der Waals surface area contributed by atoms with Gasteiger partial charge < -0.3 is 29.1 Å². The number of hydrogen-bond acceptors (Lipinski definition) is 8. The number of benzene rings is 2. The van der Waals surface area contributed by atoms with E-state index >= 15 is 0 Å². The normalized spacial score (nSPS) is 20.1. The van der Waals surface area contributed by atoms with E-state index in [9.17, 15) is 27.9 Å². The number of carbonyl (C=O) groups is 2. The number of nitrogens with zero attached hydrogens (tertiary/aromatic N) is 5. The molecule has 2 N–H and O–H groups in total. The highest BCUT2D eigenvalue weighted by molar-refractivity contribution is 6.53. The van der Waals surface area contributed by atoms with Crippen LogP contribution in [0, 0.1) is 24.1 Å². The van der Waals surface area contributed by atoms with Crippen LogP contribution in [0.2, 0.25) is 11.1 Å². The van der Waals surface area contributed by atoms with Crippen LogP contribution in [0.25, 0.3) is 11.0 Å². The van der Waals surface area contributed by atoms with Gasteiger partial charge in [0.25, 0.3) is 5.92 Å². The molecule has 3 aliphatic heterocycles. The first-order valence-corrected chi connectivity index (χ1v) is 20.9. The number of terminal acetylenes is 1. The number of ether oxygens (including phenoxy) is 1. The van der Waals surface area contributed by atoms with E-state index in [1.807, 2.05) is 37.3 Å². The van der Waals surface area contributed by atoms with Crippen molar-refractivity contribution >= 4 is 43.6 Å². The number of pyridine rings is 1. The zero-order valence-electron chi connectivity index (χ0n) is 30.9. The maximum atomic E-state index is 14.3. The van der Waals surface area contributed by atoms with E-state index in [0.29, 0.717) is 27.9 Å². The van der Waals surface area contributed by atoms with Crippen LogP contribution in [0.5, 0.6) is 5.88 Å². The van der Waals surface area contributed by atoms with Gasteiger partial charge in [0.1, 0.15) is 30.2 Å². The first kappa shape index (κ1) is 39.8. The van der Waals surface area contributed by atoms with Crippen molar-refractivity contribution in [2.45, 2.75) is 75.5 Å². The summed E-state index contributed by atoms with van der Waals surface area (Å²) in [6, 6.07) is 15.5. The molecule has 11 nitrogen and oxygen atoms in total. The quantitative estimate of drug-likeness (QED) is 0.117. The SMILES string of the molecule is C#C[C@H](CNC(C)c1ccc2c(c1)nc(CN1CCC(c3cccc(OCc4ccc(Cl)cc4F)n3)CC1)n2C[Si]1CCO1)C(=O)N1CC(F)(F)CC1C(=O)O. The van der Waals surface area contributed by atoms with Crippen LogP contribution in [-0.4, -0.2) is 95.1 Å². The Bertz CT molecular complexity index is 2120. The van der Waals surface area contributed by atoms with E-state index in [0.717, 1.165) is 72.9 Å². The van der Waals surface area contributed by atoms with Gasteiger partial charge in [-0.25, -0.2) is 27.9 Å². The summed E-state index contributed by atoms with van der Waals surface area (Å²) in [5.41, 5.74) is 4.10. The fourth-order valence-corrected chi connectivity index (χ4v) is 9.13. The summed E-state index contributed by atoms with van der Waals surface area (Å²) in [5, 5.41) is 13.0. The van der Waals surface area contributed by atoms with Crippen molar-refractivity contribution in [3.8, 4) is 18.2 Å². The van der Waals surface area contributed by atoms with Crippen molar-refractivity contribution in [2.75, 3.05) is 32.8 Å². The molecule has 7 rings (SSSR count). The van der Waals surface area contributed by atoms with Crippen molar-refractivity contribution in [1.29, 1.82) is 0 Å². The maximum absolute atomic E-state index is 14.3. The molecule has 0 spiro atoms. The second-order valence-corrected chi connectivity index (χ2v) is 17.3. The van der Waals surface area contributed by atoms with Crippen LogP contribution in [0.4, 0.5) is 13.2 Å². The van der Waals surface area contributed by atoms with Gasteiger partial charge in [0, 0.05) is 60.0 Å². The Morgan fingerprint density at radius 2 is 1.96 bits per heavy atom. The van der Waals surface area contributed by atoms with E-state index in [1.54, 1.807) is 18.2 Å². The Morgan fingerprint density at radius 3 is 2.66 bits per heavy atom. The summed E-state index contributed by atoms with van der Waals surface area (Å²) in [4.78, 5) is 37.7. The van der Waals surface area contributed by atoms with E-state index in [2.05, 4.69) is 20.7 Å². The molecule has 1 amide bonds. The number of imidazole rings is 1. The van der Waals surface area contributed by atoms with Gasteiger partial charge in [0.15, 0.2) is 0 Å². The summed E-state index contributed by atoms with van der Waals surface area (Å²) in [5.74, 6) is -3.07. The Hall–Kier alpha value is -4.46. The van der Waals surface area contributed by atoms with Gasteiger partial charge in [-0.3, -0.25) is 9.69 Å². The second kappa shape index (κ2) is 16.9. The number of alkyl halides is 2. The fraction of sp³-hybridized carbons (Fsp3) is 0.450. The summed E-state index contributed by atoms with van der Waals surface area (Å²) in [6.45, 7) is 4.14. The van der Waals surface area contributed by atoms with Crippen molar-refractivity contribution < 1.29 is 37.0 Å². The molecular weight excluding hydrogens is 765 g/mol. The number of aromatic nitrogens is 3. The number of carbonyl (C=O) groups excluding carboxylic acids is 1. The Morgan fingerprint density at radius 1 is 1.18 bits per heavy atom. The van der Waals surface area contributed by atoms with E-state index in [4.69, 9.17) is 37.2 Å². The predicted molar refractivity (Wildman–Crippen MR) is 205 cm³/mol. The van der Waals surface area contributed by atoms with Crippen LogP contribution in [0.1, 0.15) is 60.8 Å². The topological polar surface area (TPSA) is 122 Å². The van der Waals surface area contributed by atoms with E-state index < -0.39 is 57.6 Å². The molecule has 3 saturated heterocycles. The standard InChI is InChI=1S/C40H43ClF3N6O5Si/c1-3-26(38(51)49-23-40(43,44)19-35(49)39(52)53)20-45-25(2)28-8-10-34-33(17-28)46-36(50(34)24-56-16-15-55-56)21-48-13-11-27(12-14-48)32-5-4-6-37(47-32)54-22-29-7-9-30(41)18-31(29)42/h1,4-10,17-18,25-27,35,45H,11-16,19-24H2,2H3,(H,52,53)/t25?,26-,35?/m1/s1. The van der Waals surface area contributed by atoms with Crippen LogP contribution in [0.15, 0.2) is 54.6 Å². The molecule has 1 radical (unpaired) electrons. The highest BCUT2D eigenvalue weighted by Crippen LogP contribution is 2.34. The minimum atomic E-state index is -3.29. The Balaban J connectivity index is 0.984. The van der Waals surface area contributed by atoms with Crippen LogP contribution < -0.4 is 10.1 Å². The number of aliphatic carboxylic acids is 1. The van der Waals surface area contributed by atoms with Crippen LogP contribution >= 0.6 is 11.6 Å². The third kappa shape index (κ3) is 9.05. The van der Waals surface area contributed by atoms with Crippen molar-refractivity contribution in [3.63, 3.8) is 0 Å². The molecule has 56 heavy (non-hydrogen) atoms. The highest BCUT2D eigenvalue weighted by Gasteiger charge is 2.51. The molecule has 2 aromatic heterocycles. The van der Waals surface area contributed by atoms with Crippen LogP contribution in [0.3, 0.4) is 0 Å². The molecule has 3 atom stereocenters. The number of amides is 1. The third-order valence-electron chi connectivity index (χ3n) is 10.8. The largest absolute Gasteiger partial charge is 0.480 e. The number of fused-ring (bicyclic) bond motifs is 1. The van der Waals surface area contributed by atoms with Crippen molar-refractivity contribution in [1.82, 2.24) is 29.7 Å². The van der Waals surface area contributed by atoms with Crippen molar-refractivity contribution in [3.05, 3.63) is 88.1 Å².